The van der Waals surface area contributed by atoms with Crippen molar-refractivity contribution in [2.24, 2.45) is 5.73 Å². The molecule has 2 aromatic heterocycles. The second-order valence-electron chi connectivity index (χ2n) is 7.53. The topological polar surface area (TPSA) is 123 Å². The number of imidazole rings is 1. The smallest absolute Gasteiger partial charge is 0.335 e. The molecule has 5 aromatic rings. The summed E-state index contributed by atoms with van der Waals surface area (Å²) in [5.41, 5.74) is 9.29. The highest BCUT2D eigenvalue weighted by molar-refractivity contribution is 5.98. The van der Waals surface area contributed by atoms with E-state index in [0.717, 1.165) is 22.3 Å². The Kier molecular flexibility index (Phi) is 4.68. The Morgan fingerprint density at radius 3 is 2.30 bits per heavy atom. The molecular formula is C25H18N4O4. The molecule has 0 atom stereocenters. The minimum Gasteiger partial charge on any atom is -0.507 e. The Labute approximate surface area is 187 Å². The monoisotopic (exact) mass is 438 g/mol. The number of aromatic carboxylic acids is 1. The standard InChI is InChI=1S/C25H18N4O4/c26-24(31)20-8-7-19(13-23(20)30)29-21(11-16-1-2-17(25(32)33)12-22(16)29)15-3-5-18(6-4-15)28-10-9-27-14-28/h1-14,30H,(H2,26,31)(H,32,33). The molecule has 4 N–H and O–H groups in total. The number of benzene rings is 3. The van der Waals surface area contributed by atoms with Crippen LogP contribution in [0.1, 0.15) is 20.7 Å². The molecule has 0 fully saturated rings. The predicted octanol–water partition coefficient (Wildman–Crippen LogP) is 3.99. The predicted molar refractivity (Wildman–Crippen MR) is 123 cm³/mol. The van der Waals surface area contributed by atoms with Crippen molar-refractivity contribution < 1.29 is 19.8 Å². The van der Waals surface area contributed by atoms with E-state index in [2.05, 4.69) is 4.98 Å². The van der Waals surface area contributed by atoms with Gasteiger partial charge >= 0.3 is 5.97 Å². The molecule has 3 aromatic carbocycles. The number of hydrogen-bond acceptors (Lipinski definition) is 4. The Morgan fingerprint density at radius 2 is 1.67 bits per heavy atom. The lowest BCUT2D eigenvalue weighted by Gasteiger charge is -2.13. The summed E-state index contributed by atoms with van der Waals surface area (Å²) in [5.74, 6) is -2.03. The molecule has 0 radical (unpaired) electrons. The van der Waals surface area contributed by atoms with Gasteiger partial charge in [-0.05, 0) is 48.0 Å². The van der Waals surface area contributed by atoms with E-state index in [9.17, 15) is 19.8 Å². The molecule has 0 aliphatic rings. The highest BCUT2D eigenvalue weighted by Crippen LogP contribution is 2.34. The lowest BCUT2D eigenvalue weighted by molar-refractivity contribution is 0.0696. The van der Waals surface area contributed by atoms with E-state index in [4.69, 9.17) is 5.73 Å². The van der Waals surface area contributed by atoms with E-state index in [-0.39, 0.29) is 16.9 Å². The van der Waals surface area contributed by atoms with Crippen LogP contribution >= 0.6 is 0 Å². The number of carboxylic acid groups (broad SMARTS) is 1. The molecule has 0 aliphatic heterocycles. The van der Waals surface area contributed by atoms with Crippen molar-refractivity contribution in [1.82, 2.24) is 14.1 Å². The molecule has 0 spiro atoms. The number of phenols is 1. The van der Waals surface area contributed by atoms with E-state index < -0.39 is 11.9 Å². The van der Waals surface area contributed by atoms with E-state index in [1.165, 1.54) is 12.1 Å². The number of amides is 1. The zero-order valence-corrected chi connectivity index (χ0v) is 17.2. The third-order valence-corrected chi connectivity index (χ3v) is 5.52. The van der Waals surface area contributed by atoms with Crippen molar-refractivity contribution in [3.8, 4) is 28.4 Å². The first-order valence-electron chi connectivity index (χ1n) is 10.0. The van der Waals surface area contributed by atoms with Crippen LogP contribution in [-0.4, -0.2) is 36.2 Å². The Hall–Kier alpha value is -4.85. The summed E-state index contributed by atoms with van der Waals surface area (Å²) in [5, 5.41) is 20.7. The molecule has 0 unspecified atom stereocenters. The van der Waals surface area contributed by atoms with Gasteiger partial charge in [0.25, 0.3) is 5.91 Å². The summed E-state index contributed by atoms with van der Waals surface area (Å²) in [6, 6.07) is 19.2. The number of rotatable bonds is 5. The highest BCUT2D eigenvalue weighted by Gasteiger charge is 2.17. The van der Waals surface area contributed by atoms with Gasteiger partial charge in [-0.15, -0.1) is 0 Å². The Balaban J connectivity index is 1.73. The SMILES string of the molecule is NC(=O)c1ccc(-n2c(-c3ccc(-n4ccnc4)cc3)cc3ccc(C(=O)O)cc32)cc1O. The normalized spacial score (nSPS) is 11.0. The van der Waals surface area contributed by atoms with Crippen molar-refractivity contribution in [1.29, 1.82) is 0 Å². The summed E-state index contributed by atoms with van der Waals surface area (Å²) in [6.07, 6.45) is 5.26. The van der Waals surface area contributed by atoms with Gasteiger partial charge in [0.1, 0.15) is 5.75 Å². The van der Waals surface area contributed by atoms with Crippen molar-refractivity contribution in [2.75, 3.05) is 0 Å². The summed E-state index contributed by atoms with van der Waals surface area (Å²) in [7, 11) is 0. The van der Waals surface area contributed by atoms with Gasteiger partial charge in [-0.25, -0.2) is 9.78 Å². The summed E-state index contributed by atoms with van der Waals surface area (Å²) in [4.78, 5) is 27.2. The number of hydrogen-bond donors (Lipinski definition) is 3. The van der Waals surface area contributed by atoms with Crippen LogP contribution in [0.4, 0.5) is 0 Å². The van der Waals surface area contributed by atoms with Gasteiger partial charge in [0.05, 0.1) is 28.7 Å². The van der Waals surface area contributed by atoms with E-state index in [1.54, 1.807) is 36.8 Å². The molecule has 8 nitrogen and oxygen atoms in total. The summed E-state index contributed by atoms with van der Waals surface area (Å²) < 4.78 is 3.73. The average molecular weight is 438 g/mol. The maximum Gasteiger partial charge on any atom is 0.335 e. The van der Waals surface area contributed by atoms with Crippen LogP contribution in [0.5, 0.6) is 5.75 Å². The highest BCUT2D eigenvalue weighted by atomic mass is 16.4. The summed E-state index contributed by atoms with van der Waals surface area (Å²) in [6.45, 7) is 0. The maximum atomic E-state index is 11.6. The fourth-order valence-electron chi connectivity index (χ4n) is 3.91. The first-order valence-corrected chi connectivity index (χ1v) is 10.0. The zero-order chi connectivity index (χ0) is 23.1. The minimum absolute atomic E-state index is 0.00710. The zero-order valence-electron chi connectivity index (χ0n) is 17.2. The lowest BCUT2D eigenvalue weighted by Crippen LogP contribution is -2.11. The first-order chi connectivity index (χ1) is 15.9. The molecule has 33 heavy (non-hydrogen) atoms. The van der Waals surface area contributed by atoms with Crippen LogP contribution < -0.4 is 5.73 Å². The summed E-state index contributed by atoms with van der Waals surface area (Å²) >= 11 is 0. The van der Waals surface area contributed by atoms with Crippen molar-refractivity contribution in [3.05, 3.63) is 96.6 Å². The molecule has 0 bridgehead atoms. The van der Waals surface area contributed by atoms with Crippen LogP contribution in [0, 0.1) is 0 Å². The Bertz CT molecular complexity index is 1520. The third kappa shape index (κ3) is 3.49. The second-order valence-corrected chi connectivity index (χ2v) is 7.53. The molecule has 162 valence electrons. The van der Waals surface area contributed by atoms with Crippen LogP contribution in [0.25, 0.3) is 33.5 Å². The number of carbonyl (C=O) groups is 2. The van der Waals surface area contributed by atoms with Gasteiger partial charge in [-0.2, -0.15) is 0 Å². The van der Waals surface area contributed by atoms with Gasteiger partial charge in [-0.1, -0.05) is 18.2 Å². The number of carboxylic acids is 1. The second kappa shape index (κ2) is 7.69. The number of primary amides is 1. The van der Waals surface area contributed by atoms with Crippen molar-refractivity contribution >= 4 is 22.8 Å². The molecule has 8 heteroatoms. The van der Waals surface area contributed by atoms with Crippen LogP contribution in [-0.2, 0) is 0 Å². The molecule has 2 heterocycles. The van der Waals surface area contributed by atoms with E-state index >= 15 is 0 Å². The molecule has 0 aliphatic carbocycles. The van der Waals surface area contributed by atoms with Crippen LogP contribution in [0.3, 0.4) is 0 Å². The van der Waals surface area contributed by atoms with Gasteiger partial charge < -0.3 is 25.1 Å². The average Bonchev–Trinajstić information content (AvgIpc) is 3.46. The van der Waals surface area contributed by atoms with Gasteiger partial charge in [0.2, 0.25) is 0 Å². The van der Waals surface area contributed by atoms with Gasteiger partial charge in [0, 0.05) is 35.2 Å². The number of carbonyl (C=O) groups excluding carboxylic acids is 1. The quantitative estimate of drug-likeness (QED) is 0.383. The maximum absolute atomic E-state index is 11.6. The fourth-order valence-corrected chi connectivity index (χ4v) is 3.91. The van der Waals surface area contributed by atoms with Crippen molar-refractivity contribution in [2.45, 2.75) is 0 Å². The lowest BCUT2D eigenvalue weighted by atomic mass is 10.1. The van der Waals surface area contributed by atoms with Gasteiger partial charge in [0.15, 0.2) is 0 Å². The largest absolute Gasteiger partial charge is 0.507 e. The fraction of sp³-hybridized carbons (Fsp3) is 0. The van der Waals surface area contributed by atoms with Gasteiger partial charge in [-0.3, -0.25) is 4.79 Å². The number of nitrogens with zero attached hydrogens (tertiary/aromatic N) is 3. The molecular weight excluding hydrogens is 420 g/mol. The molecule has 1 amide bonds. The van der Waals surface area contributed by atoms with E-state index in [1.807, 2.05) is 45.7 Å². The number of nitrogens with two attached hydrogens (primary N) is 1. The molecule has 0 saturated heterocycles. The van der Waals surface area contributed by atoms with Crippen LogP contribution in [0.2, 0.25) is 0 Å². The van der Waals surface area contributed by atoms with Crippen LogP contribution in [0.15, 0.2) is 85.5 Å². The minimum atomic E-state index is -1.04. The Morgan fingerprint density at radius 1 is 0.909 bits per heavy atom. The molecule has 5 rings (SSSR count). The van der Waals surface area contributed by atoms with E-state index in [0.29, 0.717) is 11.2 Å². The number of aromatic nitrogens is 3. The number of aromatic hydroxyl groups is 1. The third-order valence-electron chi connectivity index (χ3n) is 5.52. The number of fused-ring (bicyclic) bond motifs is 1. The first kappa shape index (κ1) is 20.1. The van der Waals surface area contributed by atoms with Crippen molar-refractivity contribution in [3.63, 3.8) is 0 Å². The molecule has 0 saturated carbocycles.